The number of aliphatic carboxylic acids is 1. The van der Waals surface area contributed by atoms with E-state index in [1.54, 1.807) is 6.07 Å². The molecule has 0 radical (unpaired) electrons. The summed E-state index contributed by atoms with van der Waals surface area (Å²) in [6.07, 6.45) is 1.86. The molecule has 0 amide bonds. The molecule has 1 aliphatic carbocycles. The maximum absolute atomic E-state index is 13.8. The topological polar surface area (TPSA) is 46.5 Å². The average molecular weight is 512 g/mol. The van der Waals surface area contributed by atoms with Crippen LogP contribution in [-0.4, -0.2) is 11.1 Å². The summed E-state index contributed by atoms with van der Waals surface area (Å²) in [7, 11) is 0. The van der Waals surface area contributed by atoms with Crippen LogP contribution in [0, 0.1) is 9.39 Å². The lowest BCUT2D eigenvalue weighted by Crippen LogP contribution is -1.97. The fourth-order valence-electron chi connectivity index (χ4n) is 3.57. The summed E-state index contributed by atoms with van der Waals surface area (Å²) in [5, 5.41) is 9.27. The van der Waals surface area contributed by atoms with Crippen LogP contribution < -0.4 is 4.74 Å². The summed E-state index contributed by atoms with van der Waals surface area (Å²) in [4.78, 5) is 11.3. The van der Waals surface area contributed by atoms with Crippen LogP contribution in [0.2, 0.25) is 0 Å². The van der Waals surface area contributed by atoms with Gasteiger partial charge >= 0.3 is 5.97 Å². The largest absolute Gasteiger partial charge is 0.481 e. The standard InChI is InChI=1S/C25H18FIO3/c1-15-22(21-11-4-17(26)13-24(21)23(15)14-25(28)29)12-16-2-7-19(8-3-16)30-20-9-5-18(27)6-10-20/h2-13H,14H2,1H3,(H,28,29)/b22-12-. The molecule has 1 N–H and O–H groups in total. The Morgan fingerprint density at radius 1 is 1.00 bits per heavy atom. The zero-order chi connectivity index (χ0) is 21.3. The van der Waals surface area contributed by atoms with Crippen LogP contribution in [0.5, 0.6) is 11.5 Å². The molecule has 1 aliphatic rings. The number of carboxylic acids is 1. The smallest absolute Gasteiger partial charge is 0.307 e. The first-order valence-electron chi connectivity index (χ1n) is 9.38. The van der Waals surface area contributed by atoms with E-state index in [0.717, 1.165) is 37.3 Å². The van der Waals surface area contributed by atoms with Crippen molar-refractivity contribution >= 4 is 45.8 Å². The first kappa shape index (κ1) is 20.3. The molecule has 0 fully saturated rings. The predicted molar refractivity (Wildman–Crippen MR) is 125 cm³/mol. The molecule has 0 unspecified atom stereocenters. The number of carbonyl (C=O) groups is 1. The van der Waals surface area contributed by atoms with Crippen molar-refractivity contribution in [2.45, 2.75) is 13.3 Å². The van der Waals surface area contributed by atoms with Gasteiger partial charge in [-0.15, -0.1) is 0 Å². The third-order valence-corrected chi connectivity index (χ3v) is 5.74. The molecule has 0 bridgehead atoms. The minimum absolute atomic E-state index is 0.136. The first-order valence-corrected chi connectivity index (χ1v) is 10.5. The lowest BCUT2D eigenvalue weighted by Gasteiger charge is -2.07. The Morgan fingerprint density at radius 3 is 2.27 bits per heavy atom. The molecule has 3 aromatic carbocycles. The van der Waals surface area contributed by atoms with E-state index >= 15 is 0 Å². The number of hydrogen-bond acceptors (Lipinski definition) is 2. The SMILES string of the molecule is CC1=C(CC(=O)O)c2cc(F)ccc2/C1=C\c1ccc(Oc2ccc(I)cc2)cc1. The maximum atomic E-state index is 13.8. The van der Waals surface area contributed by atoms with Gasteiger partial charge in [-0.2, -0.15) is 0 Å². The lowest BCUT2D eigenvalue weighted by atomic mass is 10.0. The molecule has 0 spiro atoms. The summed E-state index contributed by atoms with van der Waals surface area (Å²) in [5.74, 6) is 0.192. The van der Waals surface area contributed by atoms with Crippen molar-refractivity contribution in [3.8, 4) is 11.5 Å². The molecule has 0 atom stereocenters. The van der Waals surface area contributed by atoms with E-state index in [0.29, 0.717) is 11.1 Å². The van der Waals surface area contributed by atoms with Gasteiger partial charge in [0.25, 0.3) is 0 Å². The fraction of sp³-hybridized carbons (Fsp3) is 0.0800. The minimum atomic E-state index is -0.932. The van der Waals surface area contributed by atoms with Gasteiger partial charge in [-0.3, -0.25) is 4.79 Å². The summed E-state index contributed by atoms with van der Waals surface area (Å²) in [6.45, 7) is 1.89. The van der Waals surface area contributed by atoms with E-state index in [1.807, 2.05) is 61.5 Å². The highest BCUT2D eigenvalue weighted by atomic mass is 127. The fourth-order valence-corrected chi connectivity index (χ4v) is 3.93. The molecule has 3 aromatic rings. The average Bonchev–Trinajstić information content (AvgIpc) is 2.96. The first-order chi connectivity index (χ1) is 14.4. The Morgan fingerprint density at radius 2 is 1.63 bits per heavy atom. The van der Waals surface area contributed by atoms with Crippen LogP contribution in [0.1, 0.15) is 30.0 Å². The normalized spacial score (nSPS) is 14.2. The van der Waals surface area contributed by atoms with Gasteiger partial charge in [0.05, 0.1) is 6.42 Å². The Labute approximate surface area is 187 Å². The second-order valence-corrected chi connectivity index (χ2v) is 8.29. The highest BCUT2D eigenvalue weighted by molar-refractivity contribution is 14.1. The predicted octanol–water partition coefficient (Wildman–Crippen LogP) is 7.03. The number of carboxylic acid groups (broad SMARTS) is 1. The molecule has 5 heteroatoms. The quantitative estimate of drug-likeness (QED) is 0.374. The number of benzene rings is 3. The van der Waals surface area contributed by atoms with Crippen LogP contribution in [-0.2, 0) is 4.79 Å². The Kier molecular flexibility index (Phi) is 5.72. The van der Waals surface area contributed by atoms with Gasteiger partial charge in [0.2, 0.25) is 0 Å². The van der Waals surface area contributed by atoms with Crippen LogP contribution in [0.4, 0.5) is 4.39 Å². The highest BCUT2D eigenvalue weighted by Gasteiger charge is 2.25. The summed E-state index contributed by atoms with van der Waals surface area (Å²) in [6, 6.07) is 20.0. The number of fused-ring (bicyclic) bond motifs is 1. The minimum Gasteiger partial charge on any atom is -0.481 e. The molecular formula is C25H18FIO3. The van der Waals surface area contributed by atoms with E-state index in [2.05, 4.69) is 22.6 Å². The van der Waals surface area contributed by atoms with Gasteiger partial charge < -0.3 is 9.84 Å². The molecule has 4 rings (SSSR count). The molecule has 0 saturated carbocycles. The Bertz CT molecular complexity index is 1180. The van der Waals surface area contributed by atoms with Gasteiger partial charge in [0.15, 0.2) is 0 Å². The summed E-state index contributed by atoms with van der Waals surface area (Å²) in [5.41, 5.74) is 4.88. The zero-order valence-corrected chi connectivity index (χ0v) is 18.3. The second-order valence-electron chi connectivity index (χ2n) is 7.05. The zero-order valence-electron chi connectivity index (χ0n) is 16.2. The van der Waals surface area contributed by atoms with E-state index in [1.165, 1.54) is 12.1 Å². The van der Waals surface area contributed by atoms with E-state index in [-0.39, 0.29) is 12.2 Å². The van der Waals surface area contributed by atoms with Crippen LogP contribution in [0.3, 0.4) is 0 Å². The van der Waals surface area contributed by atoms with Crippen molar-refractivity contribution in [1.29, 1.82) is 0 Å². The Hall–Kier alpha value is -2.93. The van der Waals surface area contributed by atoms with Gasteiger partial charge in [0.1, 0.15) is 17.3 Å². The number of halogens is 2. The molecule has 3 nitrogen and oxygen atoms in total. The third-order valence-electron chi connectivity index (χ3n) is 5.02. The molecule has 0 heterocycles. The van der Waals surface area contributed by atoms with Crippen molar-refractivity contribution in [2.75, 3.05) is 0 Å². The lowest BCUT2D eigenvalue weighted by molar-refractivity contribution is -0.135. The van der Waals surface area contributed by atoms with Crippen molar-refractivity contribution in [3.05, 3.63) is 98.4 Å². The summed E-state index contributed by atoms with van der Waals surface area (Å²) >= 11 is 2.25. The van der Waals surface area contributed by atoms with Gasteiger partial charge in [-0.05, 0) is 118 Å². The molecule has 0 aromatic heterocycles. The van der Waals surface area contributed by atoms with Crippen LogP contribution in [0.25, 0.3) is 17.2 Å². The van der Waals surface area contributed by atoms with Gasteiger partial charge in [-0.25, -0.2) is 4.39 Å². The number of allylic oxidation sites excluding steroid dienone is 2. The number of hydrogen-bond donors (Lipinski definition) is 1. The van der Waals surface area contributed by atoms with Crippen molar-refractivity contribution < 1.29 is 19.0 Å². The van der Waals surface area contributed by atoms with Crippen molar-refractivity contribution in [3.63, 3.8) is 0 Å². The van der Waals surface area contributed by atoms with Crippen molar-refractivity contribution in [2.24, 2.45) is 0 Å². The van der Waals surface area contributed by atoms with Crippen LogP contribution in [0.15, 0.2) is 72.3 Å². The molecule has 30 heavy (non-hydrogen) atoms. The van der Waals surface area contributed by atoms with E-state index < -0.39 is 5.97 Å². The van der Waals surface area contributed by atoms with E-state index in [9.17, 15) is 14.3 Å². The second kappa shape index (κ2) is 8.44. The maximum Gasteiger partial charge on any atom is 0.307 e. The van der Waals surface area contributed by atoms with E-state index in [4.69, 9.17) is 4.74 Å². The summed E-state index contributed by atoms with van der Waals surface area (Å²) < 4.78 is 20.8. The highest BCUT2D eigenvalue weighted by Crippen LogP contribution is 2.43. The van der Waals surface area contributed by atoms with Crippen molar-refractivity contribution in [1.82, 2.24) is 0 Å². The third kappa shape index (κ3) is 4.31. The van der Waals surface area contributed by atoms with Gasteiger partial charge in [0, 0.05) is 3.57 Å². The molecular weight excluding hydrogens is 494 g/mol. The monoisotopic (exact) mass is 512 g/mol. The number of rotatable bonds is 5. The molecule has 0 aliphatic heterocycles. The molecule has 0 saturated heterocycles. The molecule has 150 valence electrons. The van der Waals surface area contributed by atoms with Crippen LogP contribution >= 0.6 is 22.6 Å². The number of ether oxygens (including phenoxy) is 1. The van der Waals surface area contributed by atoms with Gasteiger partial charge in [-0.1, -0.05) is 18.2 Å². The Balaban J connectivity index is 1.64.